The van der Waals surface area contributed by atoms with Crippen molar-refractivity contribution in [2.75, 3.05) is 25.0 Å². The Labute approximate surface area is 190 Å². The molecule has 3 N–H and O–H groups in total. The summed E-state index contributed by atoms with van der Waals surface area (Å²) in [6.45, 7) is 6.83. The molecule has 1 aromatic carbocycles. The molecule has 1 aliphatic heterocycles. The van der Waals surface area contributed by atoms with Crippen molar-refractivity contribution < 1.29 is 19.1 Å². The number of morpholine rings is 1. The SMILES string of the molecule is CC(C)(C)OC(=O)NC[C@@H]1CNC[C@H](n2cnc3c(NC(=O)c4ccccc4)ncnc32)O1. The maximum Gasteiger partial charge on any atom is 0.407 e. The van der Waals surface area contributed by atoms with Gasteiger partial charge >= 0.3 is 6.09 Å². The Balaban J connectivity index is 1.44. The van der Waals surface area contributed by atoms with E-state index in [0.29, 0.717) is 42.2 Å². The van der Waals surface area contributed by atoms with Crippen LogP contribution in [0.5, 0.6) is 0 Å². The number of benzene rings is 1. The number of hydrogen-bond acceptors (Lipinski definition) is 8. The molecule has 1 saturated heterocycles. The minimum absolute atomic E-state index is 0.271. The number of rotatable bonds is 5. The minimum atomic E-state index is -0.568. The molecule has 4 rings (SSSR count). The quantitative estimate of drug-likeness (QED) is 0.535. The van der Waals surface area contributed by atoms with Crippen LogP contribution in [0, 0.1) is 0 Å². The van der Waals surface area contributed by atoms with Gasteiger partial charge in [0.1, 0.15) is 18.2 Å². The summed E-state index contributed by atoms with van der Waals surface area (Å²) < 4.78 is 13.2. The van der Waals surface area contributed by atoms with Gasteiger partial charge in [0.25, 0.3) is 5.91 Å². The number of hydrogen-bond donors (Lipinski definition) is 3. The van der Waals surface area contributed by atoms with Crippen molar-refractivity contribution in [2.24, 2.45) is 0 Å². The molecule has 0 saturated carbocycles. The Morgan fingerprint density at radius 2 is 1.97 bits per heavy atom. The number of nitrogens with zero attached hydrogens (tertiary/aromatic N) is 4. The smallest absolute Gasteiger partial charge is 0.407 e. The molecule has 33 heavy (non-hydrogen) atoms. The third-order valence-corrected chi connectivity index (χ3v) is 4.85. The fourth-order valence-corrected chi connectivity index (χ4v) is 3.41. The lowest BCUT2D eigenvalue weighted by molar-refractivity contribution is -0.0738. The Hall–Kier alpha value is -3.57. The Bertz CT molecular complexity index is 1130. The summed E-state index contributed by atoms with van der Waals surface area (Å²) in [6, 6.07) is 8.87. The van der Waals surface area contributed by atoms with Crippen LogP contribution in [0.3, 0.4) is 0 Å². The first-order chi connectivity index (χ1) is 15.8. The van der Waals surface area contributed by atoms with Crippen LogP contribution in [0.4, 0.5) is 10.6 Å². The van der Waals surface area contributed by atoms with Gasteiger partial charge in [-0.3, -0.25) is 9.36 Å². The summed E-state index contributed by atoms with van der Waals surface area (Å²) in [5.41, 5.74) is 0.936. The van der Waals surface area contributed by atoms with E-state index >= 15 is 0 Å². The molecule has 174 valence electrons. The maximum atomic E-state index is 12.5. The van der Waals surface area contributed by atoms with Gasteiger partial charge in [-0.25, -0.2) is 19.7 Å². The highest BCUT2D eigenvalue weighted by atomic mass is 16.6. The lowest BCUT2D eigenvalue weighted by Crippen LogP contribution is -2.48. The Morgan fingerprint density at radius 1 is 1.18 bits per heavy atom. The first kappa shape index (κ1) is 22.6. The molecule has 2 atom stereocenters. The molecule has 3 heterocycles. The summed E-state index contributed by atoms with van der Waals surface area (Å²) in [7, 11) is 0. The van der Waals surface area contributed by atoms with Crippen LogP contribution in [0.2, 0.25) is 0 Å². The van der Waals surface area contributed by atoms with Gasteiger partial charge in [0.2, 0.25) is 0 Å². The molecule has 11 heteroatoms. The van der Waals surface area contributed by atoms with Gasteiger partial charge in [-0.1, -0.05) is 18.2 Å². The van der Waals surface area contributed by atoms with Crippen LogP contribution in [-0.2, 0) is 9.47 Å². The van der Waals surface area contributed by atoms with E-state index in [0.717, 1.165) is 0 Å². The largest absolute Gasteiger partial charge is 0.444 e. The van der Waals surface area contributed by atoms with Crippen LogP contribution in [0.15, 0.2) is 43.0 Å². The molecule has 2 aromatic heterocycles. The lowest BCUT2D eigenvalue weighted by Gasteiger charge is -2.32. The highest BCUT2D eigenvalue weighted by Crippen LogP contribution is 2.23. The van der Waals surface area contributed by atoms with Crippen molar-refractivity contribution in [2.45, 2.75) is 38.7 Å². The highest BCUT2D eigenvalue weighted by molar-refractivity contribution is 6.06. The van der Waals surface area contributed by atoms with Crippen molar-refractivity contribution in [3.63, 3.8) is 0 Å². The second kappa shape index (κ2) is 9.51. The minimum Gasteiger partial charge on any atom is -0.444 e. The summed E-state index contributed by atoms with van der Waals surface area (Å²) >= 11 is 0. The average Bonchev–Trinajstić information content (AvgIpc) is 3.23. The van der Waals surface area contributed by atoms with E-state index in [4.69, 9.17) is 9.47 Å². The molecule has 0 unspecified atom stereocenters. The second-order valence-corrected chi connectivity index (χ2v) is 8.62. The molecule has 0 radical (unpaired) electrons. The van der Waals surface area contributed by atoms with E-state index in [1.54, 1.807) is 35.2 Å². The normalized spacial score (nSPS) is 18.6. The number of amides is 2. The average molecular weight is 454 g/mol. The first-order valence-corrected chi connectivity index (χ1v) is 10.7. The fraction of sp³-hybridized carbons (Fsp3) is 0.409. The monoisotopic (exact) mass is 453 g/mol. The highest BCUT2D eigenvalue weighted by Gasteiger charge is 2.27. The maximum absolute atomic E-state index is 12.5. The second-order valence-electron chi connectivity index (χ2n) is 8.62. The first-order valence-electron chi connectivity index (χ1n) is 10.7. The number of anilines is 1. The summed E-state index contributed by atoms with van der Waals surface area (Å²) in [5.74, 6) is 0.0357. The Morgan fingerprint density at radius 3 is 2.73 bits per heavy atom. The number of aromatic nitrogens is 4. The zero-order chi connectivity index (χ0) is 23.4. The van der Waals surface area contributed by atoms with Crippen molar-refractivity contribution in [1.29, 1.82) is 0 Å². The van der Waals surface area contributed by atoms with Crippen LogP contribution >= 0.6 is 0 Å². The molecule has 1 fully saturated rings. The van der Waals surface area contributed by atoms with Crippen LogP contribution < -0.4 is 16.0 Å². The van der Waals surface area contributed by atoms with Crippen LogP contribution in [-0.4, -0.2) is 62.9 Å². The predicted molar refractivity (Wildman–Crippen MR) is 121 cm³/mol. The molecule has 11 nitrogen and oxygen atoms in total. The molecule has 2 amide bonds. The van der Waals surface area contributed by atoms with Crippen molar-refractivity contribution in [3.8, 4) is 0 Å². The van der Waals surface area contributed by atoms with Gasteiger partial charge in [-0.2, -0.15) is 0 Å². The van der Waals surface area contributed by atoms with E-state index in [9.17, 15) is 9.59 Å². The van der Waals surface area contributed by atoms with Crippen LogP contribution in [0.1, 0.15) is 37.4 Å². The molecular weight excluding hydrogens is 426 g/mol. The Kier molecular flexibility index (Phi) is 6.52. The van der Waals surface area contributed by atoms with Gasteiger partial charge in [-0.05, 0) is 32.9 Å². The zero-order valence-corrected chi connectivity index (χ0v) is 18.7. The molecular formula is C22H27N7O4. The molecule has 3 aromatic rings. The molecule has 0 bridgehead atoms. The molecule has 0 aliphatic carbocycles. The number of nitrogens with one attached hydrogen (secondary N) is 3. The standard InChI is InChI=1S/C22H27N7O4/c1-22(2,3)33-21(31)24-10-15-9-23-11-16(32-15)29-13-27-17-18(25-12-26-19(17)29)28-20(30)14-7-5-4-6-8-14/h4-8,12-13,15-16,23H,9-11H2,1-3H3,(H,24,31)(H,25,26,28,30)/t15-,16+/m0/s1. The molecule has 1 aliphatic rings. The van der Waals surface area contributed by atoms with Gasteiger partial charge in [-0.15, -0.1) is 0 Å². The van der Waals surface area contributed by atoms with E-state index < -0.39 is 17.9 Å². The summed E-state index contributed by atoms with van der Waals surface area (Å²) in [6.07, 6.45) is 1.81. The van der Waals surface area contributed by atoms with E-state index in [-0.39, 0.29) is 12.0 Å². The number of carbonyl (C=O) groups excluding carboxylic acids is 2. The predicted octanol–water partition coefficient (Wildman–Crippen LogP) is 2.09. The summed E-state index contributed by atoms with van der Waals surface area (Å²) in [5, 5.41) is 8.83. The summed E-state index contributed by atoms with van der Waals surface area (Å²) in [4.78, 5) is 37.4. The van der Waals surface area contributed by atoms with Gasteiger partial charge < -0.3 is 25.4 Å². The fourth-order valence-electron chi connectivity index (χ4n) is 3.41. The third kappa shape index (κ3) is 5.62. The number of ether oxygens (including phenoxy) is 2. The van der Waals surface area contributed by atoms with Crippen molar-refractivity contribution in [1.82, 2.24) is 30.2 Å². The van der Waals surface area contributed by atoms with Gasteiger partial charge in [0.05, 0.1) is 12.4 Å². The number of alkyl carbamates (subject to hydrolysis) is 1. The molecule has 0 spiro atoms. The van der Waals surface area contributed by atoms with Crippen molar-refractivity contribution >= 4 is 29.0 Å². The van der Waals surface area contributed by atoms with E-state index in [1.165, 1.54) is 6.33 Å². The number of imidazole rings is 1. The lowest BCUT2D eigenvalue weighted by atomic mass is 10.2. The van der Waals surface area contributed by atoms with Crippen molar-refractivity contribution in [3.05, 3.63) is 48.5 Å². The number of fused-ring (bicyclic) bond motifs is 1. The van der Waals surface area contributed by atoms with Crippen LogP contribution in [0.25, 0.3) is 11.2 Å². The van der Waals surface area contributed by atoms with E-state index in [2.05, 4.69) is 30.9 Å². The number of carbonyl (C=O) groups is 2. The van der Waals surface area contributed by atoms with Gasteiger partial charge in [0.15, 0.2) is 17.0 Å². The van der Waals surface area contributed by atoms with E-state index in [1.807, 2.05) is 26.8 Å². The topological polar surface area (TPSA) is 132 Å². The third-order valence-electron chi connectivity index (χ3n) is 4.85. The zero-order valence-electron chi connectivity index (χ0n) is 18.7. The van der Waals surface area contributed by atoms with Gasteiger partial charge in [0, 0.05) is 25.2 Å².